The Morgan fingerprint density at radius 1 is 1.59 bits per heavy atom. The summed E-state index contributed by atoms with van der Waals surface area (Å²) in [4.78, 5) is 13.6. The second-order valence-corrected chi connectivity index (χ2v) is 5.24. The maximum absolute atomic E-state index is 11.7. The van der Waals surface area contributed by atoms with Crippen LogP contribution < -0.4 is 5.32 Å². The Morgan fingerprint density at radius 2 is 2.29 bits per heavy atom. The lowest BCUT2D eigenvalue weighted by atomic mass is 10.1. The molecule has 1 heterocycles. The fourth-order valence-corrected chi connectivity index (χ4v) is 2.50. The van der Waals surface area contributed by atoms with E-state index in [0.717, 1.165) is 12.8 Å². The van der Waals surface area contributed by atoms with Gasteiger partial charge >= 0.3 is 0 Å². The maximum Gasteiger partial charge on any atom is 0.261 e. The highest BCUT2D eigenvalue weighted by Gasteiger charge is 2.12. The molecule has 0 aliphatic carbocycles. The first kappa shape index (κ1) is 14.2. The van der Waals surface area contributed by atoms with Gasteiger partial charge in [-0.05, 0) is 25.0 Å². The second kappa shape index (κ2) is 6.74. The molecule has 0 radical (unpaired) electrons. The van der Waals surface area contributed by atoms with E-state index in [9.17, 15) is 4.79 Å². The lowest BCUT2D eigenvalue weighted by Crippen LogP contribution is -2.33. The van der Waals surface area contributed by atoms with Crippen molar-refractivity contribution < 1.29 is 15.0 Å². The van der Waals surface area contributed by atoms with Crippen LogP contribution in [0.2, 0.25) is 0 Å². The van der Waals surface area contributed by atoms with Gasteiger partial charge in [-0.1, -0.05) is 13.3 Å². The summed E-state index contributed by atoms with van der Waals surface area (Å²) >= 11 is 1.47. The number of amides is 1. The summed E-state index contributed by atoms with van der Waals surface area (Å²) in [7, 11) is 0. The van der Waals surface area contributed by atoms with Crippen molar-refractivity contribution in [3.05, 3.63) is 21.4 Å². The zero-order valence-electron chi connectivity index (χ0n) is 10.2. The molecule has 0 aromatic carbocycles. The number of aryl methyl sites for hydroxylation is 2. The molecule has 96 valence electrons. The number of carbonyl (C=O) groups is 1. The van der Waals surface area contributed by atoms with Crippen molar-refractivity contribution in [2.75, 3.05) is 13.2 Å². The van der Waals surface area contributed by atoms with Crippen LogP contribution in [0.15, 0.2) is 6.07 Å². The van der Waals surface area contributed by atoms with Crippen LogP contribution in [0.5, 0.6) is 0 Å². The largest absolute Gasteiger partial charge is 0.394 e. The molecule has 0 spiro atoms. The van der Waals surface area contributed by atoms with Crippen molar-refractivity contribution in [1.29, 1.82) is 0 Å². The third-order valence-electron chi connectivity index (χ3n) is 2.47. The number of thiophene rings is 1. The van der Waals surface area contributed by atoms with Crippen molar-refractivity contribution in [2.45, 2.75) is 32.8 Å². The first-order valence-electron chi connectivity index (χ1n) is 5.74. The molecule has 0 fully saturated rings. The van der Waals surface area contributed by atoms with E-state index in [1.165, 1.54) is 21.8 Å². The van der Waals surface area contributed by atoms with Crippen molar-refractivity contribution in [3.63, 3.8) is 0 Å². The van der Waals surface area contributed by atoms with E-state index >= 15 is 0 Å². The van der Waals surface area contributed by atoms with Crippen LogP contribution >= 0.6 is 11.3 Å². The number of nitrogens with one attached hydrogen (secondary N) is 1. The SMILES string of the molecule is CCCc1cc(C(=O)NCC(O)CO)sc1C. The number of aliphatic hydroxyl groups is 2. The highest BCUT2D eigenvalue weighted by atomic mass is 32.1. The third kappa shape index (κ3) is 4.11. The van der Waals surface area contributed by atoms with Crippen molar-refractivity contribution >= 4 is 17.2 Å². The van der Waals surface area contributed by atoms with Gasteiger partial charge in [-0.3, -0.25) is 4.79 Å². The predicted molar refractivity (Wildman–Crippen MR) is 68.5 cm³/mol. The summed E-state index contributed by atoms with van der Waals surface area (Å²) in [5.74, 6) is -0.187. The molecule has 0 aliphatic heterocycles. The van der Waals surface area contributed by atoms with Crippen molar-refractivity contribution in [3.8, 4) is 0 Å². The quantitative estimate of drug-likeness (QED) is 0.714. The van der Waals surface area contributed by atoms with Gasteiger partial charge in [0.1, 0.15) is 0 Å². The molecule has 1 rings (SSSR count). The summed E-state index contributed by atoms with van der Waals surface area (Å²) in [6.45, 7) is 3.85. The normalized spacial score (nSPS) is 12.5. The van der Waals surface area contributed by atoms with E-state index in [1.54, 1.807) is 0 Å². The van der Waals surface area contributed by atoms with E-state index in [4.69, 9.17) is 10.2 Å². The topological polar surface area (TPSA) is 69.6 Å². The van der Waals surface area contributed by atoms with E-state index in [0.29, 0.717) is 4.88 Å². The van der Waals surface area contributed by atoms with Crippen LogP contribution in [0.25, 0.3) is 0 Å². The second-order valence-electron chi connectivity index (χ2n) is 3.99. The van der Waals surface area contributed by atoms with Crippen LogP contribution in [-0.4, -0.2) is 35.4 Å². The summed E-state index contributed by atoms with van der Waals surface area (Å²) in [5, 5.41) is 20.4. The Labute approximate surface area is 105 Å². The zero-order valence-corrected chi connectivity index (χ0v) is 11.0. The van der Waals surface area contributed by atoms with Crippen LogP contribution in [0, 0.1) is 6.92 Å². The van der Waals surface area contributed by atoms with Gasteiger partial charge in [0.05, 0.1) is 17.6 Å². The first-order chi connectivity index (χ1) is 8.08. The van der Waals surface area contributed by atoms with Gasteiger partial charge < -0.3 is 15.5 Å². The van der Waals surface area contributed by atoms with Gasteiger partial charge in [0.25, 0.3) is 5.91 Å². The maximum atomic E-state index is 11.7. The smallest absolute Gasteiger partial charge is 0.261 e. The Hall–Kier alpha value is -0.910. The molecule has 0 aliphatic rings. The fourth-order valence-electron chi connectivity index (χ4n) is 1.51. The van der Waals surface area contributed by atoms with E-state index in [2.05, 4.69) is 12.2 Å². The van der Waals surface area contributed by atoms with Crippen LogP contribution in [-0.2, 0) is 6.42 Å². The number of hydrogen-bond acceptors (Lipinski definition) is 4. The zero-order chi connectivity index (χ0) is 12.8. The minimum atomic E-state index is -0.893. The fraction of sp³-hybridized carbons (Fsp3) is 0.583. The van der Waals surface area contributed by atoms with Crippen LogP contribution in [0.3, 0.4) is 0 Å². The molecule has 1 aromatic heterocycles. The van der Waals surface area contributed by atoms with Gasteiger partial charge in [-0.15, -0.1) is 11.3 Å². The summed E-state index contributed by atoms with van der Waals surface area (Å²) in [6.07, 6.45) is 1.15. The van der Waals surface area contributed by atoms with E-state index in [-0.39, 0.29) is 19.1 Å². The summed E-state index contributed by atoms with van der Waals surface area (Å²) in [5.41, 5.74) is 1.21. The molecule has 1 atom stereocenters. The minimum Gasteiger partial charge on any atom is -0.394 e. The van der Waals surface area contributed by atoms with Gasteiger partial charge in [0.15, 0.2) is 0 Å². The van der Waals surface area contributed by atoms with Gasteiger partial charge in [0.2, 0.25) is 0 Å². The average Bonchev–Trinajstić information content (AvgIpc) is 2.68. The predicted octanol–water partition coefficient (Wildman–Crippen LogP) is 1.09. The van der Waals surface area contributed by atoms with Crippen LogP contribution in [0.4, 0.5) is 0 Å². The van der Waals surface area contributed by atoms with E-state index < -0.39 is 6.10 Å². The first-order valence-corrected chi connectivity index (χ1v) is 6.56. The molecule has 4 nitrogen and oxygen atoms in total. The number of hydrogen-bond donors (Lipinski definition) is 3. The van der Waals surface area contributed by atoms with E-state index in [1.807, 2.05) is 13.0 Å². The molecule has 1 unspecified atom stereocenters. The Kier molecular flexibility index (Phi) is 5.61. The van der Waals surface area contributed by atoms with Gasteiger partial charge in [-0.2, -0.15) is 0 Å². The molecule has 5 heteroatoms. The molecule has 3 N–H and O–H groups in total. The summed E-state index contributed by atoms with van der Waals surface area (Å²) < 4.78 is 0. The lowest BCUT2D eigenvalue weighted by Gasteiger charge is -2.07. The molecule has 0 saturated carbocycles. The number of carbonyl (C=O) groups excluding carboxylic acids is 1. The molecule has 17 heavy (non-hydrogen) atoms. The number of rotatable bonds is 6. The third-order valence-corrected chi connectivity index (χ3v) is 3.56. The molecular formula is C12H19NO3S. The summed E-state index contributed by atoms with van der Waals surface area (Å²) in [6, 6.07) is 1.91. The molecule has 1 amide bonds. The monoisotopic (exact) mass is 257 g/mol. The van der Waals surface area contributed by atoms with Gasteiger partial charge in [0, 0.05) is 11.4 Å². The Morgan fingerprint density at radius 3 is 2.88 bits per heavy atom. The molecular weight excluding hydrogens is 238 g/mol. The Balaban J connectivity index is 2.60. The standard InChI is InChI=1S/C12H19NO3S/c1-3-4-9-5-11(17-8(9)2)12(16)13-6-10(15)7-14/h5,10,14-15H,3-4,6-7H2,1-2H3,(H,13,16). The highest BCUT2D eigenvalue weighted by Crippen LogP contribution is 2.22. The molecule has 1 aromatic rings. The van der Waals surface area contributed by atoms with Gasteiger partial charge in [-0.25, -0.2) is 0 Å². The Bertz CT molecular complexity index is 376. The average molecular weight is 257 g/mol. The lowest BCUT2D eigenvalue weighted by molar-refractivity contribution is 0.0804. The van der Waals surface area contributed by atoms with Crippen molar-refractivity contribution in [2.24, 2.45) is 0 Å². The highest BCUT2D eigenvalue weighted by molar-refractivity contribution is 7.14. The minimum absolute atomic E-state index is 0.0788. The molecule has 0 saturated heterocycles. The van der Waals surface area contributed by atoms with Crippen molar-refractivity contribution in [1.82, 2.24) is 5.32 Å². The van der Waals surface area contributed by atoms with Crippen LogP contribution in [0.1, 0.15) is 33.5 Å². The molecule has 0 bridgehead atoms. The number of aliphatic hydroxyl groups excluding tert-OH is 2.